The van der Waals surface area contributed by atoms with Crippen molar-refractivity contribution in [2.45, 2.75) is 20.3 Å². The van der Waals surface area contributed by atoms with Crippen molar-refractivity contribution in [3.05, 3.63) is 21.9 Å². The van der Waals surface area contributed by atoms with Gasteiger partial charge in [0.05, 0.1) is 24.5 Å². The summed E-state index contributed by atoms with van der Waals surface area (Å²) in [6.07, 6.45) is 0.231. The molecule has 1 aliphatic heterocycles. The number of thiophene rings is 1. The van der Waals surface area contributed by atoms with Crippen molar-refractivity contribution in [3.8, 4) is 0 Å². The lowest BCUT2D eigenvalue weighted by Crippen LogP contribution is -2.44. The zero-order chi connectivity index (χ0) is 13.2. The molecular formula is C13H16O4S. The van der Waals surface area contributed by atoms with Gasteiger partial charge in [0, 0.05) is 10.3 Å². The number of carbonyl (C=O) groups excluding carboxylic acids is 2. The smallest absolute Gasteiger partial charge is 0.311 e. The Bertz CT molecular complexity index is 459. The van der Waals surface area contributed by atoms with Crippen molar-refractivity contribution in [2.24, 2.45) is 5.41 Å². The van der Waals surface area contributed by atoms with Gasteiger partial charge >= 0.3 is 5.97 Å². The highest BCUT2D eigenvalue weighted by molar-refractivity contribution is 7.14. The summed E-state index contributed by atoms with van der Waals surface area (Å²) in [4.78, 5) is 24.3. The highest BCUT2D eigenvalue weighted by Gasteiger charge is 2.34. The molecule has 0 saturated carbocycles. The third-order valence-electron chi connectivity index (χ3n) is 2.81. The molecule has 0 aliphatic carbocycles. The van der Waals surface area contributed by atoms with Crippen molar-refractivity contribution in [2.75, 3.05) is 19.8 Å². The predicted molar refractivity (Wildman–Crippen MR) is 67.9 cm³/mol. The Kier molecular flexibility index (Phi) is 3.82. The standard InChI is InChI=1S/C13H16O4S/c1-9(14)11-4-3-10(18-11)5-12(15)17-8-13(2)6-16-7-13/h3-4H,5-8H2,1-2H3. The first-order valence-electron chi connectivity index (χ1n) is 5.82. The Balaban J connectivity index is 1.81. The average molecular weight is 268 g/mol. The van der Waals surface area contributed by atoms with Gasteiger partial charge in [-0.15, -0.1) is 11.3 Å². The molecule has 1 aromatic rings. The topological polar surface area (TPSA) is 52.6 Å². The molecule has 0 atom stereocenters. The fourth-order valence-electron chi connectivity index (χ4n) is 1.64. The van der Waals surface area contributed by atoms with Crippen LogP contribution >= 0.6 is 11.3 Å². The number of esters is 1. The van der Waals surface area contributed by atoms with E-state index >= 15 is 0 Å². The number of carbonyl (C=O) groups is 2. The molecular weight excluding hydrogens is 252 g/mol. The van der Waals surface area contributed by atoms with E-state index in [9.17, 15) is 9.59 Å². The maximum atomic E-state index is 11.6. The lowest BCUT2D eigenvalue weighted by molar-refractivity contribution is -0.164. The molecule has 2 rings (SSSR count). The summed E-state index contributed by atoms with van der Waals surface area (Å²) in [6, 6.07) is 3.55. The summed E-state index contributed by atoms with van der Waals surface area (Å²) in [5, 5.41) is 0. The van der Waals surface area contributed by atoms with Crippen LogP contribution in [0.2, 0.25) is 0 Å². The van der Waals surface area contributed by atoms with Crippen LogP contribution in [0.25, 0.3) is 0 Å². The molecule has 0 aromatic carbocycles. The molecule has 0 radical (unpaired) electrons. The molecule has 1 saturated heterocycles. The maximum absolute atomic E-state index is 11.6. The van der Waals surface area contributed by atoms with Gasteiger partial charge in [0.1, 0.15) is 6.61 Å². The van der Waals surface area contributed by atoms with Crippen LogP contribution in [-0.2, 0) is 20.7 Å². The quantitative estimate of drug-likeness (QED) is 0.606. The van der Waals surface area contributed by atoms with Crippen molar-refractivity contribution in [1.82, 2.24) is 0 Å². The Morgan fingerprint density at radius 2 is 2.17 bits per heavy atom. The highest BCUT2D eigenvalue weighted by atomic mass is 32.1. The molecule has 1 fully saturated rings. The van der Waals surface area contributed by atoms with Crippen molar-refractivity contribution >= 4 is 23.1 Å². The van der Waals surface area contributed by atoms with Gasteiger partial charge in [-0.2, -0.15) is 0 Å². The highest BCUT2D eigenvalue weighted by Crippen LogP contribution is 2.27. The molecule has 5 heteroatoms. The van der Waals surface area contributed by atoms with E-state index < -0.39 is 0 Å². The summed E-state index contributed by atoms with van der Waals surface area (Å²) in [6.45, 7) is 5.24. The van der Waals surface area contributed by atoms with Gasteiger partial charge in [0.15, 0.2) is 5.78 Å². The number of ketones is 1. The minimum Gasteiger partial charge on any atom is -0.465 e. The van der Waals surface area contributed by atoms with E-state index in [2.05, 4.69) is 0 Å². The lowest BCUT2D eigenvalue weighted by Gasteiger charge is -2.37. The molecule has 4 nitrogen and oxygen atoms in total. The van der Waals surface area contributed by atoms with E-state index in [0.717, 1.165) is 4.88 Å². The predicted octanol–water partition coefficient (Wildman–Crippen LogP) is 2.07. The first kappa shape index (κ1) is 13.2. The third-order valence-corrected chi connectivity index (χ3v) is 4.00. The molecule has 1 aliphatic rings. The van der Waals surface area contributed by atoms with Crippen LogP contribution in [0.15, 0.2) is 12.1 Å². The van der Waals surface area contributed by atoms with E-state index in [-0.39, 0.29) is 23.6 Å². The molecule has 0 N–H and O–H groups in total. The van der Waals surface area contributed by atoms with E-state index in [1.807, 2.05) is 6.92 Å². The van der Waals surface area contributed by atoms with E-state index in [1.165, 1.54) is 18.3 Å². The molecule has 18 heavy (non-hydrogen) atoms. The fraction of sp³-hybridized carbons (Fsp3) is 0.538. The van der Waals surface area contributed by atoms with Crippen molar-refractivity contribution in [1.29, 1.82) is 0 Å². The molecule has 0 amide bonds. The van der Waals surface area contributed by atoms with E-state index in [4.69, 9.17) is 9.47 Å². The molecule has 0 unspecified atom stereocenters. The maximum Gasteiger partial charge on any atom is 0.311 e. The second-order valence-corrected chi connectivity index (χ2v) is 6.13. The van der Waals surface area contributed by atoms with Crippen LogP contribution in [0.1, 0.15) is 28.4 Å². The van der Waals surface area contributed by atoms with Crippen LogP contribution in [0.4, 0.5) is 0 Å². The van der Waals surface area contributed by atoms with Gasteiger partial charge in [-0.1, -0.05) is 6.92 Å². The summed E-state index contributed by atoms with van der Waals surface area (Å²) in [7, 11) is 0. The normalized spacial score (nSPS) is 17.0. The van der Waals surface area contributed by atoms with Crippen LogP contribution < -0.4 is 0 Å². The summed E-state index contributed by atoms with van der Waals surface area (Å²) >= 11 is 1.35. The first-order valence-corrected chi connectivity index (χ1v) is 6.63. The van der Waals surface area contributed by atoms with Crippen molar-refractivity contribution < 1.29 is 19.1 Å². The zero-order valence-electron chi connectivity index (χ0n) is 10.5. The number of ether oxygens (including phenoxy) is 2. The van der Waals surface area contributed by atoms with Gasteiger partial charge in [0.2, 0.25) is 0 Å². The van der Waals surface area contributed by atoms with Crippen LogP contribution in [0, 0.1) is 5.41 Å². The van der Waals surface area contributed by atoms with E-state index in [0.29, 0.717) is 24.7 Å². The molecule has 98 valence electrons. The Morgan fingerprint density at radius 3 is 2.67 bits per heavy atom. The Hall–Kier alpha value is -1.20. The first-order chi connectivity index (χ1) is 8.48. The Morgan fingerprint density at radius 1 is 1.44 bits per heavy atom. The number of hydrogen-bond donors (Lipinski definition) is 0. The largest absolute Gasteiger partial charge is 0.465 e. The van der Waals surface area contributed by atoms with Crippen LogP contribution in [0.3, 0.4) is 0 Å². The summed E-state index contributed by atoms with van der Waals surface area (Å²) in [5.74, 6) is -0.223. The van der Waals surface area contributed by atoms with Gasteiger partial charge in [-0.3, -0.25) is 9.59 Å². The SMILES string of the molecule is CC(=O)c1ccc(CC(=O)OCC2(C)COC2)s1. The molecule has 0 spiro atoms. The summed E-state index contributed by atoms with van der Waals surface area (Å²) in [5.41, 5.74) is -0.0182. The third kappa shape index (κ3) is 3.17. The van der Waals surface area contributed by atoms with Crippen molar-refractivity contribution in [3.63, 3.8) is 0 Å². The second-order valence-electron chi connectivity index (χ2n) is 4.96. The minimum absolute atomic E-state index is 0.0182. The fourth-order valence-corrected chi connectivity index (χ4v) is 2.53. The Labute approximate surface area is 110 Å². The number of rotatable bonds is 5. The number of Topliss-reactive ketones (excluding diaryl/α,β-unsaturated/α-hetero) is 1. The average Bonchev–Trinajstić information content (AvgIpc) is 2.72. The van der Waals surface area contributed by atoms with Gasteiger partial charge in [-0.25, -0.2) is 0 Å². The molecule has 0 bridgehead atoms. The molecule has 2 heterocycles. The van der Waals surface area contributed by atoms with E-state index in [1.54, 1.807) is 12.1 Å². The molecule has 1 aromatic heterocycles. The van der Waals surface area contributed by atoms with Gasteiger partial charge in [-0.05, 0) is 19.1 Å². The minimum atomic E-state index is -0.250. The number of hydrogen-bond acceptors (Lipinski definition) is 5. The van der Waals surface area contributed by atoms with Crippen LogP contribution in [-0.4, -0.2) is 31.6 Å². The van der Waals surface area contributed by atoms with Gasteiger partial charge < -0.3 is 9.47 Å². The van der Waals surface area contributed by atoms with Crippen LogP contribution in [0.5, 0.6) is 0 Å². The zero-order valence-corrected chi connectivity index (χ0v) is 11.3. The summed E-state index contributed by atoms with van der Waals surface area (Å²) < 4.78 is 10.3. The lowest BCUT2D eigenvalue weighted by atomic mass is 9.90. The second kappa shape index (κ2) is 5.20. The monoisotopic (exact) mass is 268 g/mol. The van der Waals surface area contributed by atoms with Gasteiger partial charge in [0.25, 0.3) is 0 Å².